The molecule has 0 saturated heterocycles. The molecule has 0 heterocycles. The van der Waals surface area contributed by atoms with Crippen molar-refractivity contribution in [1.29, 1.82) is 0 Å². The van der Waals surface area contributed by atoms with Crippen LogP contribution < -0.4 is 0 Å². The van der Waals surface area contributed by atoms with Crippen LogP contribution in [0.1, 0.15) is 92.9 Å². The maximum Gasteiger partial charge on any atom is 0.310 e. The van der Waals surface area contributed by atoms with Gasteiger partial charge < -0.3 is 4.74 Å². The van der Waals surface area contributed by atoms with Gasteiger partial charge in [-0.25, -0.2) is 0 Å². The number of esters is 1. The van der Waals surface area contributed by atoms with E-state index in [4.69, 9.17) is 4.74 Å². The van der Waals surface area contributed by atoms with Crippen molar-refractivity contribution in [1.82, 2.24) is 0 Å². The lowest BCUT2D eigenvalue weighted by Gasteiger charge is -2.29. The quantitative estimate of drug-likeness (QED) is 0.355. The zero-order valence-corrected chi connectivity index (χ0v) is 17.2. The molecule has 0 aromatic heterocycles. The normalized spacial score (nSPS) is 26.6. The van der Waals surface area contributed by atoms with Gasteiger partial charge in [0.2, 0.25) is 0 Å². The lowest BCUT2D eigenvalue weighted by Crippen LogP contribution is -2.28. The second-order valence-electron chi connectivity index (χ2n) is 8.22. The summed E-state index contributed by atoms with van der Waals surface area (Å²) in [6.07, 6.45) is 9.28. The summed E-state index contributed by atoms with van der Waals surface area (Å²) in [5.41, 5.74) is -0.110. The van der Waals surface area contributed by atoms with Crippen molar-refractivity contribution >= 4 is 11.8 Å². The molecule has 1 aliphatic rings. The van der Waals surface area contributed by atoms with Gasteiger partial charge in [0.15, 0.2) is 0 Å². The van der Waals surface area contributed by atoms with E-state index >= 15 is 0 Å². The average Bonchev–Trinajstić information content (AvgIpc) is 2.86. The first-order valence-electron chi connectivity index (χ1n) is 10.2. The second-order valence-corrected chi connectivity index (χ2v) is 8.22. The van der Waals surface area contributed by atoms with Gasteiger partial charge in [0.25, 0.3) is 0 Å². The highest BCUT2D eigenvalue weighted by atomic mass is 16.5. The molecule has 1 fully saturated rings. The number of carbonyl (C=O) groups excluding carboxylic acids is 2. The van der Waals surface area contributed by atoms with E-state index in [9.17, 15) is 9.59 Å². The van der Waals surface area contributed by atoms with Crippen LogP contribution in [-0.4, -0.2) is 11.8 Å². The summed E-state index contributed by atoms with van der Waals surface area (Å²) in [6, 6.07) is 0. The van der Waals surface area contributed by atoms with Gasteiger partial charge in [-0.3, -0.25) is 9.59 Å². The third-order valence-corrected chi connectivity index (χ3v) is 6.34. The first-order valence-corrected chi connectivity index (χ1v) is 10.2. The maximum absolute atomic E-state index is 12.3. The van der Waals surface area contributed by atoms with Crippen molar-refractivity contribution in [2.75, 3.05) is 0 Å². The Hall–Kier alpha value is -1.12. The Balaban J connectivity index is 2.51. The fraction of sp³-hybridized carbons (Fsp3) is 0.818. The molecule has 3 heteroatoms. The minimum atomic E-state index is -0.155. The molecule has 4 unspecified atom stereocenters. The average molecular weight is 351 g/mol. The number of hydrogen-bond donors (Lipinski definition) is 0. The standard InChI is InChI=1S/C22H38O3/c1-7-18(15-19(8-2)25-21(24)9-3)14-16(4)12-13-22(6)17(5)10-11-20(22)23/h8,16-18H,7,9-15H2,1-6H3. The predicted octanol–water partition coefficient (Wildman–Crippen LogP) is 6.07. The van der Waals surface area contributed by atoms with Crippen molar-refractivity contribution in [3.8, 4) is 0 Å². The largest absolute Gasteiger partial charge is 0.431 e. The molecule has 3 nitrogen and oxygen atoms in total. The van der Waals surface area contributed by atoms with Gasteiger partial charge in [0, 0.05) is 24.7 Å². The lowest BCUT2D eigenvalue weighted by atomic mass is 9.74. The van der Waals surface area contributed by atoms with E-state index in [2.05, 4.69) is 27.7 Å². The third-order valence-electron chi connectivity index (χ3n) is 6.34. The van der Waals surface area contributed by atoms with E-state index in [0.29, 0.717) is 30.0 Å². The number of Topliss-reactive ketones (excluding diaryl/α,β-unsaturated/α-hetero) is 1. The maximum atomic E-state index is 12.3. The van der Waals surface area contributed by atoms with Crippen LogP contribution in [0.15, 0.2) is 11.8 Å². The lowest BCUT2D eigenvalue weighted by molar-refractivity contribution is -0.139. The fourth-order valence-electron chi connectivity index (χ4n) is 3.96. The van der Waals surface area contributed by atoms with Gasteiger partial charge in [-0.2, -0.15) is 0 Å². The highest BCUT2D eigenvalue weighted by Crippen LogP contribution is 2.44. The van der Waals surface area contributed by atoms with Crippen LogP contribution in [0.3, 0.4) is 0 Å². The SMILES string of the molecule is CC=C(CC(CC)CC(C)CCC1(C)C(=O)CCC1C)OC(=O)CC. The van der Waals surface area contributed by atoms with Gasteiger partial charge in [0.05, 0.1) is 0 Å². The molecule has 0 spiro atoms. The van der Waals surface area contributed by atoms with Crippen molar-refractivity contribution in [3.05, 3.63) is 11.8 Å². The van der Waals surface area contributed by atoms with E-state index in [1.54, 1.807) is 0 Å². The summed E-state index contributed by atoms with van der Waals surface area (Å²) in [7, 11) is 0. The Morgan fingerprint density at radius 2 is 2.08 bits per heavy atom. The zero-order valence-electron chi connectivity index (χ0n) is 17.2. The summed E-state index contributed by atoms with van der Waals surface area (Å²) in [4.78, 5) is 23.8. The Kier molecular flexibility index (Phi) is 8.88. The summed E-state index contributed by atoms with van der Waals surface area (Å²) in [6.45, 7) is 12.6. The van der Waals surface area contributed by atoms with E-state index in [1.165, 1.54) is 0 Å². The van der Waals surface area contributed by atoms with Gasteiger partial charge in [-0.15, -0.1) is 0 Å². The van der Waals surface area contributed by atoms with Crippen LogP contribution in [0.4, 0.5) is 0 Å². The molecule has 1 aliphatic carbocycles. The molecule has 0 radical (unpaired) electrons. The Bertz CT molecular complexity index is 480. The monoisotopic (exact) mass is 350 g/mol. The van der Waals surface area contributed by atoms with Crippen LogP contribution in [0, 0.1) is 23.2 Å². The molecular formula is C22H38O3. The topological polar surface area (TPSA) is 43.4 Å². The first-order chi connectivity index (χ1) is 11.8. The zero-order chi connectivity index (χ0) is 19.0. The van der Waals surface area contributed by atoms with Crippen LogP contribution in [-0.2, 0) is 14.3 Å². The molecule has 4 atom stereocenters. The van der Waals surface area contributed by atoms with Crippen LogP contribution in [0.5, 0.6) is 0 Å². The molecule has 0 aliphatic heterocycles. The number of rotatable bonds is 10. The molecule has 0 N–H and O–H groups in total. The van der Waals surface area contributed by atoms with Crippen LogP contribution in [0.25, 0.3) is 0 Å². The number of allylic oxidation sites excluding steroid dienone is 2. The van der Waals surface area contributed by atoms with E-state index in [0.717, 1.165) is 50.7 Å². The Labute approximate surface area is 154 Å². The minimum absolute atomic E-state index is 0.110. The number of hydrogen-bond acceptors (Lipinski definition) is 3. The van der Waals surface area contributed by atoms with Gasteiger partial charge in [0.1, 0.15) is 11.5 Å². The Morgan fingerprint density at radius 1 is 1.40 bits per heavy atom. The third kappa shape index (κ3) is 6.27. The van der Waals surface area contributed by atoms with Crippen molar-refractivity contribution in [2.45, 2.75) is 92.9 Å². The first kappa shape index (κ1) is 21.9. The van der Waals surface area contributed by atoms with Crippen molar-refractivity contribution in [2.24, 2.45) is 23.2 Å². The number of ketones is 1. The fourth-order valence-corrected chi connectivity index (χ4v) is 3.96. The van der Waals surface area contributed by atoms with E-state index < -0.39 is 0 Å². The molecule has 1 rings (SSSR count). The molecular weight excluding hydrogens is 312 g/mol. The minimum Gasteiger partial charge on any atom is -0.431 e. The number of carbonyl (C=O) groups is 2. The summed E-state index contributed by atoms with van der Waals surface area (Å²) < 4.78 is 5.43. The summed E-state index contributed by atoms with van der Waals surface area (Å²) >= 11 is 0. The molecule has 25 heavy (non-hydrogen) atoms. The van der Waals surface area contributed by atoms with E-state index in [-0.39, 0.29) is 11.4 Å². The molecule has 0 bridgehead atoms. The predicted molar refractivity (Wildman–Crippen MR) is 103 cm³/mol. The van der Waals surface area contributed by atoms with Crippen molar-refractivity contribution < 1.29 is 14.3 Å². The number of ether oxygens (including phenoxy) is 1. The van der Waals surface area contributed by atoms with Gasteiger partial charge >= 0.3 is 5.97 Å². The van der Waals surface area contributed by atoms with Gasteiger partial charge in [-0.05, 0) is 56.4 Å². The summed E-state index contributed by atoms with van der Waals surface area (Å²) in [5.74, 6) is 2.73. The smallest absolute Gasteiger partial charge is 0.310 e. The summed E-state index contributed by atoms with van der Waals surface area (Å²) in [5, 5.41) is 0. The highest BCUT2D eigenvalue weighted by Gasteiger charge is 2.42. The Morgan fingerprint density at radius 3 is 2.56 bits per heavy atom. The molecule has 0 aromatic carbocycles. The molecule has 144 valence electrons. The van der Waals surface area contributed by atoms with E-state index in [1.807, 2.05) is 19.9 Å². The van der Waals surface area contributed by atoms with Crippen LogP contribution in [0.2, 0.25) is 0 Å². The van der Waals surface area contributed by atoms with Crippen LogP contribution >= 0.6 is 0 Å². The molecule has 1 saturated carbocycles. The molecule has 0 aromatic rings. The molecule has 0 amide bonds. The van der Waals surface area contributed by atoms with Crippen molar-refractivity contribution in [3.63, 3.8) is 0 Å². The highest BCUT2D eigenvalue weighted by molar-refractivity contribution is 5.86. The van der Waals surface area contributed by atoms with Gasteiger partial charge in [-0.1, -0.05) is 41.0 Å². The second kappa shape index (κ2) is 10.1.